The van der Waals surface area contributed by atoms with Crippen LogP contribution in [0.4, 0.5) is 5.82 Å². The van der Waals surface area contributed by atoms with Crippen LogP contribution in [0.15, 0.2) is 41.5 Å². The molecule has 0 unspecified atom stereocenters. The van der Waals surface area contributed by atoms with Crippen molar-refractivity contribution >= 4 is 21.7 Å². The fraction of sp³-hybridized carbons (Fsp3) is 0.0833. The van der Waals surface area contributed by atoms with Gasteiger partial charge in [0.25, 0.3) is 0 Å². The van der Waals surface area contributed by atoms with Crippen LogP contribution >= 0.6 is 15.9 Å². The molecule has 19 heavy (non-hydrogen) atoms. The third-order valence-corrected chi connectivity index (χ3v) is 3.54. The van der Waals surface area contributed by atoms with Gasteiger partial charge in [0.05, 0.1) is 11.9 Å². The second-order valence-corrected chi connectivity index (χ2v) is 4.93. The van der Waals surface area contributed by atoms with E-state index in [-0.39, 0.29) is 0 Å². The van der Waals surface area contributed by atoms with Crippen molar-refractivity contribution in [3.63, 3.8) is 0 Å². The molecule has 7 heteroatoms. The molecule has 0 atom stereocenters. The number of halogens is 1. The Hall–Kier alpha value is -2.15. The molecule has 6 nitrogen and oxygen atoms in total. The Labute approximate surface area is 118 Å². The maximum Gasteiger partial charge on any atom is 0.138 e. The quantitative estimate of drug-likeness (QED) is 0.784. The molecule has 0 spiro atoms. The normalized spacial score (nSPS) is 10.8. The molecule has 0 saturated carbocycles. The highest BCUT2D eigenvalue weighted by atomic mass is 79.9. The molecule has 0 fully saturated rings. The molecule has 0 aliphatic rings. The SMILES string of the molecule is Cn1ncc(-c2ccc(-n3cncn3)c(Br)c2)c1N. The molecule has 0 aliphatic carbocycles. The fourth-order valence-electron chi connectivity index (χ4n) is 1.86. The molecule has 2 N–H and O–H groups in total. The number of nitrogen functional groups attached to an aromatic ring is 1. The van der Waals surface area contributed by atoms with Crippen LogP contribution < -0.4 is 5.73 Å². The zero-order chi connectivity index (χ0) is 13.4. The Balaban J connectivity index is 2.07. The van der Waals surface area contributed by atoms with Gasteiger partial charge in [0.2, 0.25) is 0 Å². The first kappa shape index (κ1) is 11.9. The van der Waals surface area contributed by atoms with E-state index < -0.39 is 0 Å². The first-order valence-electron chi connectivity index (χ1n) is 5.59. The van der Waals surface area contributed by atoms with Crippen LogP contribution in [0.2, 0.25) is 0 Å². The summed E-state index contributed by atoms with van der Waals surface area (Å²) in [5.41, 5.74) is 8.81. The third-order valence-electron chi connectivity index (χ3n) is 2.91. The number of benzene rings is 1. The van der Waals surface area contributed by atoms with Gasteiger partial charge in [-0.3, -0.25) is 4.68 Å². The second-order valence-electron chi connectivity index (χ2n) is 4.07. The highest BCUT2D eigenvalue weighted by Gasteiger charge is 2.10. The van der Waals surface area contributed by atoms with E-state index >= 15 is 0 Å². The van der Waals surface area contributed by atoms with Gasteiger partial charge in [-0.25, -0.2) is 9.67 Å². The monoisotopic (exact) mass is 318 g/mol. The smallest absolute Gasteiger partial charge is 0.138 e. The Morgan fingerprint density at radius 3 is 2.68 bits per heavy atom. The minimum atomic E-state index is 0.639. The fourth-order valence-corrected chi connectivity index (χ4v) is 2.42. The highest BCUT2D eigenvalue weighted by Crippen LogP contribution is 2.30. The van der Waals surface area contributed by atoms with Gasteiger partial charge in [-0.05, 0) is 33.6 Å². The predicted molar refractivity (Wildman–Crippen MR) is 75.7 cm³/mol. The molecule has 0 bridgehead atoms. The van der Waals surface area contributed by atoms with Crippen molar-refractivity contribution < 1.29 is 0 Å². The first-order valence-corrected chi connectivity index (χ1v) is 6.38. The van der Waals surface area contributed by atoms with Crippen molar-refractivity contribution in [2.24, 2.45) is 7.05 Å². The van der Waals surface area contributed by atoms with E-state index in [1.807, 2.05) is 25.2 Å². The average Bonchev–Trinajstić information content (AvgIpc) is 3.01. The van der Waals surface area contributed by atoms with Crippen LogP contribution in [-0.2, 0) is 7.05 Å². The van der Waals surface area contributed by atoms with Crippen LogP contribution in [0.3, 0.4) is 0 Å². The van der Waals surface area contributed by atoms with Crippen LogP contribution in [0.1, 0.15) is 0 Å². The Kier molecular flexibility index (Phi) is 2.83. The van der Waals surface area contributed by atoms with Crippen LogP contribution in [0.5, 0.6) is 0 Å². The van der Waals surface area contributed by atoms with Crippen molar-refractivity contribution in [2.45, 2.75) is 0 Å². The van der Waals surface area contributed by atoms with Crippen molar-refractivity contribution in [2.75, 3.05) is 5.73 Å². The van der Waals surface area contributed by atoms with E-state index in [0.29, 0.717) is 5.82 Å². The van der Waals surface area contributed by atoms with Gasteiger partial charge in [-0.2, -0.15) is 10.2 Å². The minimum absolute atomic E-state index is 0.639. The zero-order valence-electron chi connectivity index (χ0n) is 10.2. The first-order chi connectivity index (χ1) is 9.16. The van der Waals surface area contributed by atoms with Crippen molar-refractivity contribution in [3.8, 4) is 16.8 Å². The molecule has 0 saturated heterocycles. The average molecular weight is 319 g/mol. The summed E-state index contributed by atoms with van der Waals surface area (Å²) in [5.74, 6) is 0.639. The van der Waals surface area contributed by atoms with Crippen molar-refractivity contribution in [3.05, 3.63) is 41.5 Å². The van der Waals surface area contributed by atoms with Gasteiger partial charge in [-0.1, -0.05) is 6.07 Å². The molecule has 2 aromatic heterocycles. The molecule has 1 aromatic carbocycles. The maximum absolute atomic E-state index is 5.97. The van der Waals surface area contributed by atoms with Gasteiger partial charge in [0.15, 0.2) is 0 Å². The van der Waals surface area contributed by atoms with Gasteiger partial charge in [0.1, 0.15) is 18.5 Å². The van der Waals surface area contributed by atoms with E-state index in [0.717, 1.165) is 21.3 Å². The lowest BCUT2D eigenvalue weighted by molar-refractivity contribution is 0.779. The van der Waals surface area contributed by atoms with Crippen LogP contribution in [-0.4, -0.2) is 24.5 Å². The summed E-state index contributed by atoms with van der Waals surface area (Å²) in [6.45, 7) is 0. The summed E-state index contributed by atoms with van der Waals surface area (Å²) >= 11 is 3.54. The summed E-state index contributed by atoms with van der Waals surface area (Å²) < 4.78 is 4.26. The van der Waals surface area contributed by atoms with E-state index in [9.17, 15) is 0 Å². The number of hydrogen-bond donors (Lipinski definition) is 1. The van der Waals surface area contributed by atoms with Crippen LogP contribution in [0.25, 0.3) is 16.8 Å². The molecule has 3 aromatic rings. The lowest BCUT2D eigenvalue weighted by atomic mass is 10.1. The van der Waals surface area contributed by atoms with Crippen molar-refractivity contribution in [1.29, 1.82) is 0 Å². The lowest BCUT2D eigenvalue weighted by Crippen LogP contribution is -1.98. The van der Waals surface area contributed by atoms with E-state index in [1.165, 1.54) is 6.33 Å². The standard InChI is InChI=1S/C12H11BrN6/c1-18-12(14)9(5-16-18)8-2-3-11(10(13)4-8)19-7-15-6-17-19/h2-7H,14H2,1H3. The molecule has 0 aliphatic heterocycles. The van der Waals surface area contributed by atoms with Crippen LogP contribution in [0, 0.1) is 0 Å². The molecule has 2 heterocycles. The summed E-state index contributed by atoms with van der Waals surface area (Å²) in [7, 11) is 1.82. The molecule has 0 radical (unpaired) electrons. The van der Waals surface area contributed by atoms with Gasteiger partial charge >= 0.3 is 0 Å². The number of anilines is 1. The zero-order valence-corrected chi connectivity index (χ0v) is 11.7. The molecule has 3 rings (SSSR count). The largest absolute Gasteiger partial charge is 0.383 e. The summed E-state index contributed by atoms with van der Waals surface area (Å²) in [6.07, 6.45) is 4.91. The van der Waals surface area contributed by atoms with Gasteiger partial charge in [-0.15, -0.1) is 0 Å². The summed E-state index contributed by atoms with van der Waals surface area (Å²) in [5, 5.41) is 8.25. The topological polar surface area (TPSA) is 74.5 Å². The van der Waals surface area contributed by atoms with Gasteiger partial charge in [0, 0.05) is 17.1 Å². The predicted octanol–water partition coefficient (Wildman–Crippen LogP) is 2.01. The number of nitrogens with two attached hydrogens (primary N) is 1. The number of aromatic nitrogens is 5. The Bertz CT molecular complexity index is 716. The van der Waals surface area contributed by atoms with Crippen molar-refractivity contribution in [1.82, 2.24) is 24.5 Å². The molecule has 96 valence electrons. The van der Waals surface area contributed by atoms with Gasteiger partial charge < -0.3 is 5.73 Å². The lowest BCUT2D eigenvalue weighted by Gasteiger charge is -2.06. The van der Waals surface area contributed by atoms with E-state index in [4.69, 9.17) is 5.73 Å². The number of nitrogens with zero attached hydrogens (tertiary/aromatic N) is 5. The minimum Gasteiger partial charge on any atom is -0.383 e. The maximum atomic E-state index is 5.97. The number of rotatable bonds is 2. The number of aryl methyl sites for hydroxylation is 1. The molecular weight excluding hydrogens is 308 g/mol. The van der Waals surface area contributed by atoms with E-state index in [1.54, 1.807) is 21.9 Å². The van der Waals surface area contributed by atoms with E-state index in [2.05, 4.69) is 31.1 Å². The molecular formula is C12H11BrN6. The molecule has 0 amide bonds. The number of hydrogen-bond acceptors (Lipinski definition) is 4. The summed E-state index contributed by atoms with van der Waals surface area (Å²) in [4.78, 5) is 3.94. The second kappa shape index (κ2) is 4.51. The Morgan fingerprint density at radius 2 is 2.11 bits per heavy atom. The Morgan fingerprint density at radius 1 is 1.26 bits per heavy atom. The highest BCUT2D eigenvalue weighted by molar-refractivity contribution is 9.10. The summed E-state index contributed by atoms with van der Waals surface area (Å²) in [6, 6.07) is 5.93. The third kappa shape index (κ3) is 2.01.